The second kappa shape index (κ2) is 5.10. The molecule has 16 heavy (non-hydrogen) atoms. The summed E-state index contributed by atoms with van der Waals surface area (Å²) in [7, 11) is 0. The highest BCUT2D eigenvalue weighted by molar-refractivity contribution is 5.89. The van der Waals surface area contributed by atoms with E-state index in [9.17, 15) is 4.79 Å². The van der Waals surface area contributed by atoms with E-state index < -0.39 is 5.97 Å². The van der Waals surface area contributed by atoms with Gasteiger partial charge in [-0.3, -0.25) is 4.98 Å². The van der Waals surface area contributed by atoms with Crippen LogP contribution in [0.15, 0.2) is 18.5 Å². The molecule has 3 nitrogen and oxygen atoms in total. The zero-order valence-corrected chi connectivity index (χ0v) is 9.35. The summed E-state index contributed by atoms with van der Waals surface area (Å²) in [4.78, 5) is 15.0. The lowest BCUT2D eigenvalue weighted by Gasteiger charge is -2.16. The van der Waals surface area contributed by atoms with Gasteiger partial charge in [0.2, 0.25) is 0 Å². The molecular weight excluding hydrogens is 202 g/mol. The molecular formula is C13H17NO2. The molecule has 1 aromatic rings. The minimum absolute atomic E-state index is 0.384. The molecule has 1 heterocycles. The predicted octanol–water partition coefficient (Wildman–Crippen LogP) is 3.22. The van der Waals surface area contributed by atoms with Gasteiger partial charge in [-0.1, -0.05) is 25.7 Å². The number of aromatic carboxylic acids is 1. The van der Waals surface area contributed by atoms with Crippen LogP contribution in [-0.2, 0) is 0 Å². The van der Waals surface area contributed by atoms with Crippen molar-refractivity contribution < 1.29 is 9.90 Å². The summed E-state index contributed by atoms with van der Waals surface area (Å²) in [5.41, 5.74) is 1.36. The van der Waals surface area contributed by atoms with Crippen LogP contribution in [0.3, 0.4) is 0 Å². The Morgan fingerprint density at radius 2 is 1.94 bits per heavy atom. The molecule has 0 bridgehead atoms. The summed E-state index contributed by atoms with van der Waals surface area (Å²) in [5, 5.41) is 9.13. The average molecular weight is 219 g/mol. The number of aromatic nitrogens is 1. The van der Waals surface area contributed by atoms with Gasteiger partial charge in [-0.15, -0.1) is 0 Å². The van der Waals surface area contributed by atoms with Crippen LogP contribution < -0.4 is 0 Å². The fraction of sp³-hybridized carbons (Fsp3) is 0.538. The molecule has 1 aliphatic carbocycles. The fourth-order valence-electron chi connectivity index (χ4n) is 2.53. The Morgan fingerprint density at radius 3 is 2.56 bits per heavy atom. The van der Waals surface area contributed by atoms with E-state index in [0.717, 1.165) is 18.4 Å². The first kappa shape index (κ1) is 11.1. The third kappa shape index (κ3) is 2.40. The van der Waals surface area contributed by atoms with Crippen molar-refractivity contribution in [1.82, 2.24) is 4.98 Å². The molecule has 0 aromatic carbocycles. The van der Waals surface area contributed by atoms with E-state index >= 15 is 0 Å². The Labute approximate surface area is 95.5 Å². The Balaban J connectivity index is 2.27. The normalized spacial score (nSPS) is 18.0. The maximum Gasteiger partial charge on any atom is 0.337 e. The SMILES string of the molecule is O=C(O)c1cnccc1C1CCCCCC1. The van der Waals surface area contributed by atoms with Crippen molar-refractivity contribution in [2.45, 2.75) is 44.4 Å². The van der Waals surface area contributed by atoms with Crippen LogP contribution in [0, 0.1) is 0 Å². The van der Waals surface area contributed by atoms with Crippen molar-refractivity contribution in [1.29, 1.82) is 0 Å². The third-order valence-electron chi connectivity index (χ3n) is 3.38. The number of hydrogen-bond donors (Lipinski definition) is 1. The number of nitrogens with zero attached hydrogens (tertiary/aromatic N) is 1. The van der Waals surface area contributed by atoms with E-state index in [-0.39, 0.29) is 0 Å². The number of hydrogen-bond acceptors (Lipinski definition) is 2. The lowest BCUT2D eigenvalue weighted by atomic mass is 9.89. The molecule has 0 saturated heterocycles. The quantitative estimate of drug-likeness (QED) is 0.777. The topological polar surface area (TPSA) is 50.2 Å². The van der Waals surface area contributed by atoms with Crippen LogP contribution >= 0.6 is 0 Å². The minimum Gasteiger partial charge on any atom is -0.478 e. The lowest BCUT2D eigenvalue weighted by Crippen LogP contribution is -2.07. The first-order valence-electron chi connectivity index (χ1n) is 5.96. The molecule has 0 amide bonds. The summed E-state index contributed by atoms with van der Waals surface area (Å²) < 4.78 is 0. The van der Waals surface area contributed by atoms with Crippen LogP contribution in [-0.4, -0.2) is 16.1 Å². The van der Waals surface area contributed by atoms with Gasteiger partial charge in [-0.2, -0.15) is 0 Å². The van der Waals surface area contributed by atoms with E-state index in [0.29, 0.717) is 11.5 Å². The second-order valence-corrected chi connectivity index (χ2v) is 4.46. The molecule has 1 saturated carbocycles. The van der Waals surface area contributed by atoms with Crippen molar-refractivity contribution in [3.05, 3.63) is 29.6 Å². The highest BCUT2D eigenvalue weighted by atomic mass is 16.4. The Bertz CT molecular complexity index is 368. The van der Waals surface area contributed by atoms with Crippen molar-refractivity contribution in [2.24, 2.45) is 0 Å². The van der Waals surface area contributed by atoms with E-state index in [1.165, 1.54) is 31.9 Å². The predicted molar refractivity (Wildman–Crippen MR) is 61.6 cm³/mol. The molecule has 1 aliphatic rings. The zero-order valence-electron chi connectivity index (χ0n) is 9.35. The molecule has 86 valence electrons. The van der Waals surface area contributed by atoms with Crippen molar-refractivity contribution >= 4 is 5.97 Å². The largest absolute Gasteiger partial charge is 0.478 e. The molecule has 3 heteroatoms. The highest BCUT2D eigenvalue weighted by Crippen LogP contribution is 2.32. The second-order valence-electron chi connectivity index (χ2n) is 4.46. The maximum absolute atomic E-state index is 11.1. The summed E-state index contributed by atoms with van der Waals surface area (Å²) in [6, 6.07) is 1.87. The smallest absolute Gasteiger partial charge is 0.337 e. The van der Waals surface area contributed by atoms with Gasteiger partial charge in [-0.05, 0) is 30.4 Å². The van der Waals surface area contributed by atoms with E-state index in [1.807, 2.05) is 6.07 Å². The van der Waals surface area contributed by atoms with Gasteiger partial charge >= 0.3 is 5.97 Å². The van der Waals surface area contributed by atoms with E-state index in [1.54, 1.807) is 6.20 Å². The van der Waals surface area contributed by atoms with Crippen LogP contribution in [0.5, 0.6) is 0 Å². The Morgan fingerprint density at radius 1 is 1.25 bits per heavy atom. The highest BCUT2D eigenvalue weighted by Gasteiger charge is 2.20. The van der Waals surface area contributed by atoms with Gasteiger partial charge in [0.15, 0.2) is 0 Å². The Kier molecular flexibility index (Phi) is 3.54. The van der Waals surface area contributed by atoms with Crippen molar-refractivity contribution in [3.63, 3.8) is 0 Å². The van der Waals surface area contributed by atoms with Gasteiger partial charge in [0.25, 0.3) is 0 Å². The summed E-state index contributed by atoms with van der Waals surface area (Å²) >= 11 is 0. The van der Waals surface area contributed by atoms with Crippen LogP contribution in [0.4, 0.5) is 0 Å². The van der Waals surface area contributed by atoms with Crippen molar-refractivity contribution in [3.8, 4) is 0 Å². The standard InChI is InChI=1S/C13H17NO2/c15-13(16)12-9-14-8-7-11(12)10-5-3-1-2-4-6-10/h7-10H,1-6H2,(H,15,16). The first-order valence-corrected chi connectivity index (χ1v) is 5.96. The molecule has 0 unspecified atom stereocenters. The number of carboxylic acid groups (broad SMARTS) is 1. The summed E-state index contributed by atoms with van der Waals surface area (Å²) in [6.07, 6.45) is 10.4. The van der Waals surface area contributed by atoms with Crippen LogP contribution in [0.25, 0.3) is 0 Å². The van der Waals surface area contributed by atoms with Gasteiger partial charge in [0.05, 0.1) is 5.56 Å². The summed E-state index contributed by atoms with van der Waals surface area (Å²) in [6.45, 7) is 0. The fourth-order valence-corrected chi connectivity index (χ4v) is 2.53. The van der Waals surface area contributed by atoms with Crippen molar-refractivity contribution in [2.75, 3.05) is 0 Å². The Hall–Kier alpha value is -1.38. The van der Waals surface area contributed by atoms with Gasteiger partial charge < -0.3 is 5.11 Å². The molecule has 2 rings (SSSR count). The molecule has 0 radical (unpaired) electrons. The third-order valence-corrected chi connectivity index (χ3v) is 3.38. The zero-order chi connectivity index (χ0) is 11.4. The van der Waals surface area contributed by atoms with Gasteiger partial charge in [0, 0.05) is 12.4 Å². The van der Waals surface area contributed by atoms with Gasteiger partial charge in [0.1, 0.15) is 0 Å². The average Bonchev–Trinajstić information content (AvgIpc) is 2.57. The number of rotatable bonds is 2. The molecule has 0 spiro atoms. The van der Waals surface area contributed by atoms with E-state index in [4.69, 9.17) is 5.11 Å². The molecule has 1 fully saturated rings. The van der Waals surface area contributed by atoms with Crippen LogP contribution in [0.1, 0.15) is 60.4 Å². The molecule has 0 aliphatic heterocycles. The van der Waals surface area contributed by atoms with Crippen LogP contribution in [0.2, 0.25) is 0 Å². The minimum atomic E-state index is -0.854. The first-order chi connectivity index (χ1) is 7.79. The number of pyridine rings is 1. The molecule has 0 atom stereocenters. The molecule has 1 N–H and O–H groups in total. The number of carbonyl (C=O) groups is 1. The van der Waals surface area contributed by atoms with Gasteiger partial charge in [-0.25, -0.2) is 4.79 Å². The monoisotopic (exact) mass is 219 g/mol. The maximum atomic E-state index is 11.1. The lowest BCUT2D eigenvalue weighted by molar-refractivity contribution is 0.0694. The summed E-state index contributed by atoms with van der Waals surface area (Å²) in [5.74, 6) is -0.441. The van der Waals surface area contributed by atoms with E-state index in [2.05, 4.69) is 4.98 Å². The molecule has 1 aromatic heterocycles. The number of carboxylic acids is 1.